The summed E-state index contributed by atoms with van der Waals surface area (Å²) in [5.74, 6) is -1.57. The fourth-order valence-electron chi connectivity index (χ4n) is 4.34. The Labute approximate surface area is 200 Å². The first-order chi connectivity index (χ1) is 16.8. The molecule has 4 heterocycles. The Hall–Kier alpha value is -4.28. The van der Waals surface area contributed by atoms with Gasteiger partial charge in [-0.2, -0.15) is 10.2 Å². The second-order valence-electron chi connectivity index (χ2n) is 8.47. The SMILES string of the molecule is Cc1nn(-c2cc(OC3CN(C(=O)N4N=CC[C@H]4c4ccccc4)C3)c(F)cn2)c(C)c1C(=O)O. The predicted molar refractivity (Wildman–Crippen MR) is 123 cm³/mol. The quantitative estimate of drug-likeness (QED) is 0.602. The minimum absolute atomic E-state index is 0.0436. The third-order valence-electron chi connectivity index (χ3n) is 6.15. The van der Waals surface area contributed by atoms with Gasteiger partial charge in [0.25, 0.3) is 0 Å². The van der Waals surface area contributed by atoms with Crippen molar-refractivity contribution >= 4 is 18.2 Å². The molecule has 0 spiro atoms. The molecule has 2 aliphatic heterocycles. The van der Waals surface area contributed by atoms with Gasteiger partial charge in [0.05, 0.1) is 36.7 Å². The summed E-state index contributed by atoms with van der Waals surface area (Å²) in [4.78, 5) is 30.1. The molecule has 1 aromatic carbocycles. The van der Waals surface area contributed by atoms with Gasteiger partial charge >= 0.3 is 12.0 Å². The molecule has 0 unspecified atom stereocenters. The van der Waals surface area contributed by atoms with Crippen LogP contribution in [0.5, 0.6) is 5.75 Å². The first-order valence-corrected chi connectivity index (χ1v) is 11.1. The van der Waals surface area contributed by atoms with Gasteiger partial charge in [-0.3, -0.25) is 0 Å². The third-order valence-corrected chi connectivity index (χ3v) is 6.15. The number of benzene rings is 1. The molecule has 35 heavy (non-hydrogen) atoms. The summed E-state index contributed by atoms with van der Waals surface area (Å²) in [6.45, 7) is 3.76. The summed E-state index contributed by atoms with van der Waals surface area (Å²) in [5, 5.41) is 19.3. The number of aryl methyl sites for hydroxylation is 1. The average molecular weight is 478 g/mol. The van der Waals surface area contributed by atoms with Gasteiger partial charge in [0.15, 0.2) is 17.4 Å². The number of carbonyl (C=O) groups excluding carboxylic acids is 1. The zero-order valence-corrected chi connectivity index (χ0v) is 19.1. The second-order valence-corrected chi connectivity index (χ2v) is 8.47. The maximum atomic E-state index is 14.4. The van der Waals surface area contributed by atoms with Crippen molar-refractivity contribution in [2.75, 3.05) is 13.1 Å². The van der Waals surface area contributed by atoms with Crippen molar-refractivity contribution in [2.24, 2.45) is 5.10 Å². The number of carboxylic acid groups (broad SMARTS) is 1. The maximum absolute atomic E-state index is 14.4. The molecule has 2 amide bonds. The lowest BCUT2D eigenvalue weighted by Crippen LogP contribution is -2.58. The molecule has 0 radical (unpaired) electrons. The number of nitrogens with zero attached hydrogens (tertiary/aromatic N) is 6. The number of halogens is 1. The number of amides is 2. The smallest absolute Gasteiger partial charge is 0.341 e. The van der Waals surface area contributed by atoms with Crippen molar-refractivity contribution in [1.29, 1.82) is 0 Å². The first kappa shape index (κ1) is 22.5. The molecule has 0 aliphatic carbocycles. The van der Waals surface area contributed by atoms with E-state index in [1.807, 2.05) is 30.3 Å². The minimum atomic E-state index is -1.10. The standard InChI is InChI=1S/C24H23FN6O4/c1-14-22(23(32)33)15(2)30(28-14)21-10-20(18(25)11-26-21)35-17-12-29(13-17)24(34)31-19(8-9-27-31)16-6-4-3-5-7-16/h3-7,9-11,17,19H,8,12-13H2,1-2H3,(H,32,33)/t19-/m0/s1. The normalized spacial score (nSPS) is 17.5. The van der Waals surface area contributed by atoms with Gasteiger partial charge in [-0.25, -0.2) is 28.7 Å². The molecule has 1 fully saturated rings. The summed E-state index contributed by atoms with van der Waals surface area (Å²) in [5.41, 5.74) is 1.79. The zero-order chi connectivity index (χ0) is 24.7. The van der Waals surface area contributed by atoms with Crippen LogP contribution in [-0.2, 0) is 0 Å². The van der Waals surface area contributed by atoms with Gasteiger partial charge in [-0.1, -0.05) is 30.3 Å². The molecular weight excluding hydrogens is 455 g/mol. The van der Waals surface area contributed by atoms with Crippen LogP contribution in [0, 0.1) is 19.7 Å². The van der Waals surface area contributed by atoms with E-state index in [2.05, 4.69) is 15.2 Å². The predicted octanol–water partition coefficient (Wildman–Crippen LogP) is 3.34. The van der Waals surface area contributed by atoms with E-state index in [0.29, 0.717) is 17.8 Å². The average Bonchev–Trinajstić information content (AvgIpc) is 3.41. The minimum Gasteiger partial charge on any atom is -0.483 e. The van der Waals surface area contributed by atoms with E-state index < -0.39 is 17.9 Å². The van der Waals surface area contributed by atoms with Gasteiger partial charge in [0.2, 0.25) is 0 Å². The van der Waals surface area contributed by atoms with Crippen LogP contribution in [0.1, 0.15) is 39.8 Å². The van der Waals surface area contributed by atoms with Gasteiger partial charge < -0.3 is 14.7 Å². The Morgan fingerprint density at radius 1 is 1.17 bits per heavy atom. The monoisotopic (exact) mass is 478 g/mol. The van der Waals surface area contributed by atoms with Gasteiger partial charge in [0.1, 0.15) is 11.7 Å². The highest BCUT2D eigenvalue weighted by Crippen LogP contribution is 2.31. The summed E-state index contributed by atoms with van der Waals surface area (Å²) < 4.78 is 21.6. The highest BCUT2D eigenvalue weighted by molar-refractivity contribution is 5.90. The second kappa shape index (κ2) is 8.82. The third kappa shape index (κ3) is 4.09. The fourth-order valence-corrected chi connectivity index (χ4v) is 4.34. The number of likely N-dealkylation sites (tertiary alicyclic amines) is 1. The Kier molecular flexibility index (Phi) is 5.67. The number of rotatable bonds is 5. The number of urea groups is 1. The van der Waals surface area contributed by atoms with Gasteiger partial charge in [0, 0.05) is 18.7 Å². The van der Waals surface area contributed by atoms with Crippen LogP contribution in [-0.4, -0.2) is 67.2 Å². The Morgan fingerprint density at radius 2 is 1.91 bits per heavy atom. The summed E-state index contributed by atoms with van der Waals surface area (Å²) in [6.07, 6.45) is 2.98. The van der Waals surface area contributed by atoms with E-state index in [1.54, 1.807) is 25.0 Å². The van der Waals surface area contributed by atoms with Crippen molar-refractivity contribution in [3.63, 3.8) is 0 Å². The van der Waals surface area contributed by atoms with E-state index >= 15 is 0 Å². The molecule has 3 aromatic rings. The number of carboxylic acids is 1. The molecule has 10 nitrogen and oxygen atoms in total. The molecule has 1 N–H and O–H groups in total. The van der Waals surface area contributed by atoms with E-state index in [-0.39, 0.29) is 42.3 Å². The van der Waals surface area contributed by atoms with E-state index in [0.717, 1.165) is 11.8 Å². The van der Waals surface area contributed by atoms with Crippen molar-refractivity contribution in [3.8, 4) is 11.6 Å². The first-order valence-electron chi connectivity index (χ1n) is 11.1. The molecule has 0 bridgehead atoms. The Balaban J connectivity index is 1.26. The highest BCUT2D eigenvalue weighted by atomic mass is 19.1. The summed E-state index contributed by atoms with van der Waals surface area (Å²) in [6, 6.07) is 10.7. The number of hydrogen-bond acceptors (Lipinski definition) is 6. The van der Waals surface area contributed by atoms with Gasteiger partial charge in [-0.05, 0) is 19.4 Å². The number of hydrazone groups is 1. The van der Waals surface area contributed by atoms with Crippen LogP contribution in [0.15, 0.2) is 47.7 Å². The number of aromatic carboxylic acids is 1. The van der Waals surface area contributed by atoms with Gasteiger partial charge in [-0.15, -0.1) is 0 Å². The van der Waals surface area contributed by atoms with Crippen LogP contribution in [0.2, 0.25) is 0 Å². The number of carbonyl (C=O) groups is 2. The van der Waals surface area contributed by atoms with Crippen molar-refractivity contribution in [3.05, 3.63) is 70.9 Å². The molecular formula is C24H23FN6O4. The van der Waals surface area contributed by atoms with E-state index in [1.165, 1.54) is 15.8 Å². The number of hydrogen-bond donors (Lipinski definition) is 1. The van der Waals surface area contributed by atoms with E-state index in [9.17, 15) is 19.1 Å². The number of aromatic nitrogens is 3. The van der Waals surface area contributed by atoms with Crippen molar-refractivity contribution < 1.29 is 23.8 Å². The zero-order valence-electron chi connectivity index (χ0n) is 19.1. The molecule has 11 heteroatoms. The van der Waals surface area contributed by atoms with E-state index in [4.69, 9.17) is 4.74 Å². The molecule has 1 atom stereocenters. The van der Waals surface area contributed by atoms with Crippen LogP contribution in [0.25, 0.3) is 5.82 Å². The Morgan fingerprint density at radius 3 is 2.60 bits per heavy atom. The lowest BCUT2D eigenvalue weighted by molar-refractivity contribution is 0.0256. The molecule has 0 saturated carbocycles. The Bertz CT molecular complexity index is 1320. The largest absolute Gasteiger partial charge is 0.483 e. The van der Waals surface area contributed by atoms with Crippen LogP contribution >= 0.6 is 0 Å². The topological polar surface area (TPSA) is 113 Å². The summed E-state index contributed by atoms with van der Waals surface area (Å²) >= 11 is 0. The summed E-state index contributed by atoms with van der Waals surface area (Å²) in [7, 11) is 0. The maximum Gasteiger partial charge on any atom is 0.341 e. The van der Waals surface area contributed by atoms with Crippen LogP contribution in [0.4, 0.5) is 9.18 Å². The highest BCUT2D eigenvalue weighted by Gasteiger charge is 2.39. The number of ether oxygens (including phenoxy) is 1. The molecule has 180 valence electrons. The molecule has 2 aromatic heterocycles. The molecule has 1 saturated heterocycles. The lowest BCUT2D eigenvalue weighted by Gasteiger charge is -2.41. The molecule has 5 rings (SSSR count). The van der Waals surface area contributed by atoms with Crippen molar-refractivity contribution in [2.45, 2.75) is 32.4 Å². The van der Waals surface area contributed by atoms with Crippen LogP contribution in [0.3, 0.4) is 0 Å². The molecule has 2 aliphatic rings. The van der Waals surface area contributed by atoms with Crippen LogP contribution < -0.4 is 4.74 Å². The van der Waals surface area contributed by atoms with Crippen molar-refractivity contribution in [1.82, 2.24) is 24.7 Å². The lowest BCUT2D eigenvalue weighted by atomic mass is 10.0. The fraction of sp³-hybridized carbons (Fsp3) is 0.292. The number of pyridine rings is 1.